The maximum Gasteiger partial charge on any atom is 0.137 e. The molecule has 1 aromatic carbocycles. The van der Waals surface area contributed by atoms with Gasteiger partial charge in [0.25, 0.3) is 0 Å². The van der Waals surface area contributed by atoms with Gasteiger partial charge in [-0.1, -0.05) is 32.4 Å². The molecule has 2 nitrogen and oxygen atoms in total. The monoisotopic (exact) mass is 220 g/mol. The molecule has 0 aliphatic heterocycles. The van der Waals surface area contributed by atoms with Crippen molar-refractivity contribution in [2.24, 2.45) is 5.92 Å². The summed E-state index contributed by atoms with van der Waals surface area (Å²) >= 11 is 0. The first-order chi connectivity index (χ1) is 7.65. The molecule has 0 aliphatic carbocycles. The third-order valence-corrected chi connectivity index (χ3v) is 2.81. The van der Waals surface area contributed by atoms with Crippen LogP contribution in [0.25, 0.3) is 0 Å². The van der Waals surface area contributed by atoms with Gasteiger partial charge in [-0.2, -0.15) is 0 Å². The van der Waals surface area contributed by atoms with Gasteiger partial charge in [0.15, 0.2) is 0 Å². The van der Waals surface area contributed by atoms with Gasteiger partial charge in [0.05, 0.1) is 7.11 Å². The van der Waals surface area contributed by atoms with Crippen molar-refractivity contribution in [3.05, 3.63) is 29.8 Å². The zero-order chi connectivity index (χ0) is 12.0. The minimum atomic E-state index is 0.308. The second-order valence-corrected chi connectivity index (χ2v) is 4.28. The number of ether oxygens (including phenoxy) is 1. The van der Waals surface area contributed by atoms with Crippen LogP contribution >= 0.6 is 0 Å². The number of ketones is 1. The molecule has 88 valence electrons. The lowest BCUT2D eigenvalue weighted by molar-refractivity contribution is -0.119. The Bertz CT molecular complexity index is 344. The number of Topliss-reactive ketones (excluding diaryl/α,β-unsaturated/α-hetero) is 1. The molecule has 0 N–H and O–H groups in total. The lowest BCUT2D eigenvalue weighted by Gasteiger charge is -2.07. The van der Waals surface area contributed by atoms with Crippen LogP contribution in [0.4, 0.5) is 0 Å². The summed E-state index contributed by atoms with van der Waals surface area (Å²) in [6.45, 7) is 4.23. The Morgan fingerprint density at radius 1 is 1.44 bits per heavy atom. The van der Waals surface area contributed by atoms with Gasteiger partial charge in [-0.05, 0) is 23.6 Å². The van der Waals surface area contributed by atoms with Gasteiger partial charge in [0.1, 0.15) is 11.5 Å². The lowest BCUT2D eigenvalue weighted by atomic mass is 9.98. The first-order valence-corrected chi connectivity index (χ1v) is 5.80. The fraction of sp³-hybridized carbons (Fsp3) is 0.500. The number of rotatable bonds is 6. The Balaban J connectivity index is 2.55. The fourth-order valence-electron chi connectivity index (χ4n) is 1.62. The van der Waals surface area contributed by atoms with Crippen LogP contribution in [0.2, 0.25) is 0 Å². The van der Waals surface area contributed by atoms with Crippen LogP contribution in [0.5, 0.6) is 5.75 Å². The first-order valence-electron chi connectivity index (χ1n) is 5.80. The van der Waals surface area contributed by atoms with E-state index in [2.05, 4.69) is 13.8 Å². The Morgan fingerprint density at radius 3 is 2.81 bits per heavy atom. The van der Waals surface area contributed by atoms with Crippen molar-refractivity contribution in [3.8, 4) is 5.75 Å². The number of hydrogen-bond acceptors (Lipinski definition) is 2. The van der Waals surface area contributed by atoms with Gasteiger partial charge >= 0.3 is 0 Å². The molecule has 1 atom stereocenters. The van der Waals surface area contributed by atoms with E-state index in [0.717, 1.165) is 17.7 Å². The third-order valence-electron chi connectivity index (χ3n) is 2.81. The molecule has 16 heavy (non-hydrogen) atoms. The number of carbonyl (C=O) groups is 1. The molecule has 0 spiro atoms. The van der Waals surface area contributed by atoms with Crippen molar-refractivity contribution in [1.82, 2.24) is 0 Å². The van der Waals surface area contributed by atoms with Gasteiger partial charge in [-0.15, -0.1) is 0 Å². The average molecular weight is 220 g/mol. The van der Waals surface area contributed by atoms with Crippen LogP contribution in [-0.4, -0.2) is 12.9 Å². The van der Waals surface area contributed by atoms with Crippen LogP contribution in [0.1, 0.15) is 32.3 Å². The second-order valence-electron chi connectivity index (χ2n) is 4.28. The number of hydrogen-bond donors (Lipinski definition) is 0. The molecule has 0 fully saturated rings. The smallest absolute Gasteiger partial charge is 0.137 e. The van der Waals surface area contributed by atoms with Crippen LogP contribution in [0.3, 0.4) is 0 Å². The molecule has 2 heteroatoms. The lowest BCUT2D eigenvalue weighted by Crippen LogP contribution is -2.07. The van der Waals surface area contributed by atoms with Crippen molar-refractivity contribution in [3.63, 3.8) is 0 Å². The highest BCUT2D eigenvalue weighted by molar-refractivity contribution is 5.81. The summed E-state index contributed by atoms with van der Waals surface area (Å²) in [6, 6.07) is 7.71. The predicted molar refractivity (Wildman–Crippen MR) is 65.8 cm³/mol. The van der Waals surface area contributed by atoms with Crippen LogP contribution in [0, 0.1) is 5.92 Å². The van der Waals surface area contributed by atoms with Gasteiger partial charge in [0.2, 0.25) is 0 Å². The quantitative estimate of drug-likeness (QED) is 0.735. The van der Waals surface area contributed by atoms with Gasteiger partial charge in [0, 0.05) is 12.8 Å². The summed E-state index contributed by atoms with van der Waals surface area (Å²) in [5, 5.41) is 0. The van der Waals surface area contributed by atoms with Crippen molar-refractivity contribution in [2.75, 3.05) is 7.11 Å². The summed E-state index contributed by atoms with van der Waals surface area (Å²) in [7, 11) is 1.64. The minimum Gasteiger partial charge on any atom is -0.497 e. The molecule has 0 amide bonds. The summed E-state index contributed by atoms with van der Waals surface area (Å²) in [4.78, 5) is 11.7. The zero-order valence-corrected chi connectivity index (χ0v) is 10.3. The van der Waals surface area contributed by atoms with E-state index in [1.54, 1.807) is 7.11 Å². The Hall–Kier alpha value is -1.31. The molecule has 1 aromatic rings. The van der Waals surface area contributed by atoms with Gasteiger partial charge < -0.3 is 4.74 Å². The maximum atomic E-state index is 11.7. The second kappa shape index (κ2) is 6.31. The molecule has 0 saturated carbocycles. The predicted octanol–water partition coefficient (Wildman–Crippen LogP) is 3.24. The van der Waals surface area contributed by atoms with E-state index in [-0.39, 0.29) is 0 Å². The SMILES string of the molecule is CCC(C)CC(=O)Cc1cccc(OC)c1. The summed E-state index contributed by atoms with van der Waals surface area (Å²) in [5.74, 6) is 1.61. The molecule has 0 saturated heterocycles. The average Bonchev–Trinajstić information content (AvgIpc) is 2.28. The molecule has 0 heterocycles. The highest BCUT2D eigenvalue weighted by Gasteiger charge is 2.08. The van der Waals surface area contributed by atoms with E-state index in [4.69, 9.17) is 4.74 Å². The van der Waals surface area contributed by atoms with E-state index < -0.39 is 0 Å². The number of methoxy groups -OCH3 is 1. The molecule has 0 aromatic heterocycles. The third kappa shape index (κ3) is 4.05. The van der Waals surface area contributed by atoms with Crippen LogP contribution in [-0.2, 0) is 11.2 Å². The van der Waals surface area contributed by atoms with E-state index in [0.29, 0.717) is 24.5 Å². The van der Waals surface area contributed by atoms with Crippen molar-refractivity contribution in [1.29, 1.82) is 0 Å². The normalized spacial score (nSPS) is 12.2. The summed E-state index contributed by atoms with van der Waals surface area (Å²) in [6.07, 6.45) is 2.25. The minimum absolute atomic E-state index is 0.308. The summed E-state index contributed by atoms with van der Waals surface area (Å²) in [5.41, 5.74) is 1.03. The van der Waals surface area contributed by atoms with Gasteiger partial charge in [-0.3, -0.25) is 4.79 Å². The molecular formula is C14H20O2. The van der Waals surface area contributed by atoms with Crippen molar-refractivity contribution in [2.45, 2.75) is 33.1 Å². The first kappa shape index (κ1) is 12.8. The fourth-order valence-corrected chi connectivity index (χ4v) is 1.62. The molecule has 0 bridgehead atoms. The Labute approximate surface area is 97.6 Å². The van der Waals surface area contributed by atoms with E-state index in [1.807, 2.05) is 24.3 Å². The molecule has 1 rings (SSSR count). The zero-order valence-electron chi connectivity index (χ0n) is 10.3. The van der Waals surface area contributed by atoms with Crippen LogP contribution < -0.4 is 4.74 Å². The van der Waals surface area contributed by atoms with E-state index in [9.17, 15) is 4.79 Å². The maximum absolute atomic E-state index is 11.7. The standard InChI is InChI=1S/C14H20O2/c1-4-11(2)8-13(15)9-12-6-5-7-14(10-12)16-3/h5-7,10-11H,4,8-9H2,1-3H3. The highest BCUT2D eigenvalue weighted by atomic mass is 16.5. The van der Waals surface area contributed by atoms with Crippen molar-refractivity contribution >= 4 is 5.78 Å². The Kier molecular flexibility index (Phi) is 5.03. The number of carbonyl (C=O) groups excluding carboxylic acids is 1. The van der Waals surface area contributed by atoms with Crippen molar-refractivity contribution < 1.29 is 9.53 Å². The summed E-state index contributed by atoms with van der Waals surface area (Å²) < 4.78 is 5.13. The van der Waals surface area contributed by atoms with E-state index in [1.165, 1.54) is 0 Å². The molecular weight excluding hydrogens is 200 g/mol. The van der Waals surface area contributed by atoms with Gasteiger partial charge in [-0.25, -0.2) is 0 Å². The molecule has 1 unspecified atom stereocenters. The van der Waals surface area contributed by atoms with E-state index >= 15 is 0 Å². The Morgan fingerprint density at radius 2 is 2.19 bits per heavy atom. The van der Waals surface area contributed by atoms with Crippen LogP contribution in [0.15, 0.2) is 24.3 Å². The topological polar surface area (TPSA) is 26.3 Å². The molecule has 0 aliphatic rings. The number of benzene rings is 1. The highest BCUT2D eigenvalue weighted by Crippen LogP contribution is 2.15. The largest absolute Gasteiger partial charge is 0.497 e. The molecule has 0 radical (unpaired) electrons.